The lowest BCUT2D eigenvalue weighted by Gasteiger charge is -2.13. The van der Waals surface area contributed by atoms with Gasteiger partial charge in [-0.2, -0.15) is 0 Å². The van der Waals surface area contributed by atoms with Crippen molar-refractivity contribution in [3.05, 3.63) is 75.2 Å². The number of hydrogen-bond acceptors (Lipinski definition) is 6. The van der Waals surface area contributed by atoms with E-state index in [0.717, 1.165) is 4.90 Å². The summed E-state index contributed by atoms with van der Waals surface area (Å²) in [5, 5.41) is 14.4. The topological polar surface area (TPSA) is 89.5 Å². The molecule has 3 rings (SSSR count). The monoisotopic (exact) mass is 356 g/mol. The predicted octanol–water partition coefficient (Wildman–Crippen LogP) is 3.20. The standard InChI is InChI=1S/C17H16N4O3S/c1-12(25-13-7-3-2-4-8-13)11-18-16-15(21(23)24)17(22)20-10-6-5-9-14(20)19-16/h2-10,12,18H,11H2,1H3. The van der Waals surface area contributed by atoms with Crippen LogP contribution >= 0.6 is 11.8 Å². The van der Waals surface area contributed by atoms with Crippen LogP contribution in [0.1, 0.15) is 6.92 Å². The van der Waals surface area contributed by atoms with E-state index in [2.05, 4.69) is 10.3 Å². The van der Waals surface area contributed by atoms with Gasteiger partial charge in [-0.05, 0) is 24.3 Å². The minimum Gasteiger partial charge on any atom is -0.363 e. The van der Waals surface area contributed by atoms with Crippen LogP contribution in [-0.2, 0) is 0 Å². The molecule has 3 aromatic rings. The Morgan fingerprint density at radius 2 is 1.96 bits per heavy atom. The van der Waals surface area contributed by atoms with E-state index in [-0.39, 0.29) is 11.1 Å². The lowest BCUT2D eigenvalue weighted by Crippen LogP contribution is -2.23. The Morgan fingerprint density at radius 1 is 1.24 bits per heavy atom. The zero-order valence-corrected chi connectivity index (χ0v) is 14.3. The third-order valence-electron chi connectivity index (χ3n) is 3.53. The maximum Gasteiger partial charge on any atom is 0.376 e. The smallest absolute Gasteiger partial charge is 0.363 e. The molecule has 2 heterocycles. The molecule has 0 radical (unpaired) electrons. The fourth-order valence-electron chi connectivity index (χ4n) is 2.38. The van der Waals surface area contributed by atoms with Crippen LogP contribution in [0, 0.1) is 10.1 Å². The minimum atomic E-state index is -0.693. The van der Waals surface area contributed by atoms with Gasteiger partial charge in [0.15, 0.2) is 0 Å². The zero-order chi connectivity index (χ0) is 17.8. The lowest BCUT2D eigenvalue weighted by atomic mass is 10.4. The number of hydrogen-bond donors (Lipinski definition) is 1. The maximum absolute atomic E-state index is 12.4. The molecule has 0 aliphatic carbocycles. The van der Waals surface area contributed by atoms with Crippen LogP contribution in [0.2, 0.25) is 0 Å². The molecule has 8 heteroatoms. The van der Waals surface area contributed by atoms with Crippen molar-refractivity contribution < 1.29 is 4.92 Å². The number of anilines is 1. The summed E-state index contributed by atoms with van der Waals surface area (Å²) < 4.78 is 1.17. The van der Waals surface area contributed by atoms with E-state index in [9.17, 15) is 14.9 Å². The van der Waals surface area contributed by atoms with E-state index in [1.807, 2.05) is 37.3 Å². The second-order valence-corrected chi connectivity index (χ2v) is 6.93. The predicted molar refractivity (Wildman–Crippen MR) is 98.4 cm³/mol. The van der Waals surface area contributed by atoms with Crippen LogP contribution in [0.4, 0.5) is 11.5 Å². The van der Waals surface area contributed by atoms with Gasteiger partial charge >= 0.3 is 11.2 Å². The second-order valence-electron chi connectivity index (χ2n) is 5.42. The van der Waals surface area contributed by atoms with Crippen LogP contribution in [0.3, 0.4) is 0 Å². The first-order chi connectivity index (χ1) is 12.1. The van der Waals surface area contributed by atoms with Crippen LogP contribution in [0.25, 0.3) is 5.65 Å². The third-order valence-corrected chi connectivity index (χ3v) is 4.64. The highest BCUT2D eigenvalue weighted by Crippen LogP contribution is 2.24. The van der Waals surface area contributed by atoms with Crippen LogP contribution < -0.4 is 10.9 Å². The summed E-state index contributed by atoms with van der Waals surface area (Å²) in [5.41, 5.74) is -0.869. The molecule has 7 nitrogen and oxygen atoms in total. The van der Waals surface area contributed by atoms with Crippen molar-refractivity contribution in [2.45, 2.75) is 17.1 Å². The van der Waals surface area contributed by atoms with Gasteiger partial charge in [0.2, 0.25) is 5.82 Å². The molecular weight excluding hydrogens is 340 g/mol. The Bertz CT molecular complexity index is 959. The van der Waals surface area contributed by atoms with E-state index in [4.69, 9.17) is 0 Å². The Labute approximate surface area is 147 Å². The van der Waals surface area contributed by atoms with E-state index in [1.165, 1.54) is 10.6 Å². The SMILES string of the molecule is CC(CNc1nc2ccccn2c(=O)c1[N+](=O)[O-])Sc1ccccc1. The molecule has 25 heavy (non-hydrogen) atoms. The van der Waals surface area contributed by atoms with Gasteiger partial charge in [0, 0.05) is 22.9 Å². The number of aromatic nitrogens is 2. The molecule has 1 atom stereocenters. The molecule has 2 aromatic heterocycles. The third kappa shape index (κ3) is 3.80. The Morgan fingerprint density at radius 3 is 2.68 bits per heavy atom. The molecule has 0 aliphatic rings. The molecule has 0 aliphatic heterocycles. The summed E-state index contributed by atoms with van der Waals surface area (Å²) in [6.07, 6.45) is 1.47. The van der Waals surface area contributed by atoms with Gasteiger partial charge in [-0.25, -0.2) is 4.98 Å². The first-order valence-corrected chi connectivity index (χ1v) is 8.55. The number of benzene rings is 1. The molecule has 1 unspecified atom stereocenters. The lowest BCUT2D eigenvalue weighted by molar-refractivity contribution is -0.385. The van der Waals surface area contributed by atoms with Crippen molar-refractivity contribution in [1.82, 2.24) is 9.38 Å². The van der Waals surface area contributed by atoms with E-state index >= 15 is 0 Å². The number of pyridine rings is 1. The van der Waals surface area contributed by atoms with Crippen LogP contribution in [-0.4, -0.2) is 26.1 Å². The molecule has 1 aromatic carbocycles. The summed E-state index contributed by atoms with van der Waals surface area (Å²) in [6.45, 7) is 2.44. The second kappa shape index (κ2) is 7.35. The zero-order valence-electron chi connectivity index (χ0n) is 13.5. The fourth-order valence-corrected chi connectivity index (χ4v) is 3.33. The summed E-state index contributed by atoms with van der Waals surface area (Å²) >= 11 is 1.64. The number of nitro groups is 1. The van der Waals surface area contributed by atoms with Crippen LogP contribution in [0.15, 0.2) is 64.4 Å². The molecule has 0 spiro atoms. The van der Waals surface area contributed by atoms with E-state index in [1.54, 1.807) is 30.0 Å². The van der Waals surface area contributed by atoms with Crippen molar-refractivity contribution >= 4 is 28.9 Å². The van der Waals surface area contributed by atoms with E-state index in [0.29, 0.717) is 12.2 Å². The largest absolute Gasteiger partial charge is 0.376 e. The van der Waals surface area contributed by atoms with Crippen molar-refractivity contribution in [2.24, 2.45) is 0 Å². The number of thioether (sulfide) groups is 1. The summed E-state index contributed by atoms with van der Waals surface area (Å²) in [7, 11) is 0. The molecule has 0 saturated carbocycles. The number of nitrogens with zero attached hydrogens (tertiary/aromatic N) is 3. The van der Waals surface area contributed by atoms with Gasteiger partial charge in [-0.3, -0.25) is 19.3 Å². The molecule has 0 bridgehead atoms. The molecule has 1 N–H and O–H groups in total. The highest BCUT2D eigenvalue weighted by Gasteiger charge is 2.23. The van der Waals surface area contributed by atoms with Gasteiger partial charge in [-0.1, -0.05) is 31.2 Å². The average molecular weight is 356 g/mol. The van der Waals surface area contributed by atoms with Crippen molar-refractivity contribution in [1.29, 1.82) is 0 Å². The molecule has 0 saturated heterocycles. The Hall–Kier alpha value is -2.87. The Kier molecular flexibility index (Phi) is 4.99. The normalized spacial score (nSPS) is 12.0. The fraction of sp³-hybridized carbons (Fsp3) is 0.176. The van der Waals surface area contributed by atoms with E-state index < -0.39 is 16.2 Å². The van der Waals surface area contributed by atoms with Crippen molar-refractivity contribution in [3.8, 4) is 0 Å². The van der Waals surface area contributed by atoms with Gasteiger partial charge in [0.25, 0.3) is 0 Å². The van der Waals surface area contributed by atoms with Gasteiger partial charge < -0.3 is 5.32 Å². The summed E-state index contributed by atoms with van der Waals surface area (Å²) in [6, 6.07) is 14.9. The minimum absolute atomic E-state index is 0.00158. The first kappa shape index (κ1) is 17.0. The van der Waals surface area contributed by atoms with Gasteiger partial charge in [-0.15, -0.1) is 11.8 Å². The maximum atomic E-state index is 12.4. The highest BCUT2D eigenvalue weighted by atomic mass is 32.2. The highest BCUT2D eigenvalue weighted by molar-refractivity contribution is 8.00. The van der Waals surface area contributed by atoms with Crippen molar-refractivity contribution in [3.63, 3.8) is 0 Å². The first-order valence-electron chi connectivity index (χ1n) is 7.67. The number of nitrogens with one attached hydrogen (secondary N) is 1. The van der Waals surface area contributed by atoms with Gasteiger partial charge in [0.1, 0.15) is 5.65 Å². The molecular formula is C17H16N4O3S. The molecule has 0 amide bonds. The Balaban J connectivity index is 1.84. The summed E-state index contributed by atoms with van der Waals surface area (Å²) in [4.78, 5) is 28.3. The quantitative estimate of drug-likeness (QED) is 0.414. The average Bonchev–Trinajstić information content (AvgIpc) is 2.60. The molecule has 0 fully saturated rings. The number of rotatable bonds is 6. The summed E-state index contributed by atoms with van der Waals surface area (Å²) in [5.74, 6) is 0.00158. The van der Waals surface area contributed by atoms with Crippen LogP contribution in [0.5, 0.6) is 0 Å². The molecule has 128 valence electrons. The van der Waals surface area contributed by atoms with Crippen molar-refractivity contribution in [2.75, 3.05) is 11.9 Å². The van der Waals surface area contributed by atoms with Gasteiger partial charge in [0.05, 0.1) is 4.92 Å². The number of fused-ring (bicyclic) bond motifs is 1.